The molecule has 0 saturated heterocycles. The van der Waals surface area contributed by atoms with E-state index in [9.17, 15) is 9.59 Å². The number of carbonyl (C=O) groups excluding carboxylic acids is 1. The van der Waals surface area contributed by atoms with Gasteiger partial charge < -0.3 is 5.32 Å². The molecule has 3 aromatic rings. The number of hydrogen-bond acceptors (Lipinski definition) is 4. The van der Waals surface area contributed by atoms with Gasteiger partial charge in [-0.05, 0) is 42.7 Å². The summed E-state index contributed by atoms with van der Waals surface area (Å²) in [7, 11) is 0. The third kappa shape index (κ3) is 3.13. The summed E-state index contributed by atoms with van der Waals surface area (Å²) in [5, 5.41) is 14.5. The van der Waals surface area contributed by atoms with Crippen LogP contribution in [0.5, 0.6) is 0 Å². The first-order chi connectivity index (χ1) is 12.6. The summed E-state index contributed by atoms with van der Waals surface area (Å²) in [6.45, 7) is 0. The van der Waals surface area contributed by atoms with E-state index in [1.807, 2.05) is 6.07 Å². The first kappa shape index (κ1) is 15.8. The third-order valence-corrected chi connectivity index (χ3v) is 4.22. The number of H-pyrrole nitrogens is 1. The molecule has 2 aromatic heterocycles. The Morgan fingerprint density at radius 2 is 2.00 bits per heavy atom. The number of aromatic amines is 1. The minimum absolute atomic E-state index is 0.133. The highest BCUT2D eigenvalue weighted by molar-refractivity contribution is 5.94. The Hall–Kier alpha value is -3.66. The normalized spacial score (nSPS) is 13.2. The van der Waals surface area contributed by atoms with Crippen molar-refractivity contribution in [3.05, 3.63) is 70.3 Å². The van der Waals surface area contributed by atoms with Crippen LogP contribution in [0.2, 0.25) is 0 Å². The molecule has 2 N–H and O–H groups in total. The quantitative estimate of drug-likeness (QED) is 0.754. The predicted molar refractivity (Wildman–Crippen MR) is 94.8 cm³/mol. The van der Waals surface area contributed by atoms with Crippen molar-refractivity contribution in [3.63, 3.8) is 0 Å². The van der Waals surface area contributed by atoms with Gasteiger partial charge in [0.05, 0.1) is 22.8 Å². The van der Waals surface area contributed by atoms with Gasteiger partial charge in [-0.3, -0.25) is 14.7 Å². The van der Waals surface area contributed by atoms with Crippen molar-refractivity contribution >= 4 is 5.91 Å². The van der Waals surface area contributed by atoms with Gasteiger partial charge in [0.2, 0.25) is 0 Å². The monoisotopic (exact) mass is 345 g/mol. The number of nitrogens with zero attached hydrogens (tertiary/aromatic N) is 3. The smallest absolute Gasteiger partial charge is 0.272 e. The number of nitriles is 1. The molecule has 128 valence electrons. The molecule has 26 heavy (non-hydrogen) atoms. The molecule has 7 nitrogen and oxygen atoms in total. The highest BCUT2D eigenvalue weighted by Gasteiger charge is 2.23. The van der Waals surface area contributed by atoms with Crippen LogP contribution in [0.25, 0.3) is 16.9 Å². The predicted octanol–water partition coefficient (Wildman–Crippen LogP) is 1.99. The number of hydrogen-bond donors (Lipinski definition) is 2. The lowest BCUT2D eigenvalue weighted by Crippen LogP contribution is -2.25. The summed E-state index contributed by atoms with van der Waals surface area (Å²) in [6, 6.07) is 12.5. The van der Waals surface area contributed by atoms with Crippen molar-refractivity contribution in [2.24, 2.45) is 0 Å². The van der Waals surface area contributed by atoms with E-state index in [0.29, 0.717) is 28.1 Å². The lowest BCUT2D eigenvalue weighted by atomic mass is 10.1. The van der Waals surface area contributed by atoms with E-state index in [0.717, 1.165) is 12.8 Å². The number of pyridine rings is 1. The second-order valence-corrected chi connectivity index (χ2v) is 6.20. The van der Waals surface area contributed by atoms with E-state index < -0.39 is 0 Å². The topological polar surface area (TPSA) is 104 Å². The molecule has 0 spiro atoms. The zero-order valence-electron chi connectivity index (χ0n) is 13.8. The van der Waals surface area contributed by atoms with E-state index >= 15 is 0 Å². The second kappa shape index (κ2) is 6.33. The first-order valence-corrected chi connectivity index (χ1v) is 8.23. The molecule has 1 aliphatic rings. The van der Waals surface area contributed by atoms with Gasteiger partial charge >= 0.3 is 0 Å². The van der Waals surface area contributed by atoms with E-state index in [1.165, 1.54) is 10.9 Å². The van der Waals surface area contributed by atoms with E-state index in [4.69, 9.17) is 5.26 Å². The largest absolute Gasteiger partial charge is 0.349 e. The van der Waals surface area contributed by atoms with Crippen LogP contribution in [0.4, 0.5) is 0 Å². The zero-order chi connectivity index (χ0) is 18.1. The fourth-order valence-electron chi connectivity index (χ4n) is 2.60. The second-order valence-electron chi connectivity index (χ2n) is 6.20. The molecule has 1 amide bonds. The van der Waals surface area contributed by atoms with Crippen LogP contribution < -0.4 is 10.9 Å². The first-order valence-electron chi connectivity index (χ1n) is 8.23. The maximum absolute atomic E-state index is 12.2. The van der Waals surface area contributed by atoms with Gasteiger partial charge in [0.15, 0.2) is 5.82 Å². The fourth-order valence-corrected chi connectivity index (χ4v) is 2.60. The summed E-state index contributed by atoms with van der Waals surface area (Å²) < 4.78 is 1.51. The van der Waals surface area contributed by atoms with Gasteiger partial charge in [-0.15, -0.1) is 0 Å². The Bertz CT molecular complexity index is 1050. The lowest BCUT2D eigenvalue weighted by Gasteiger charge is -2.04. The third-order valence-electron chi connectivity index (χ3n) is 4.22. The maximum Gasteiger partial charge on any atom is 0.272 e. The SMILES string of the molecule is N#Cc1ccc(-c2cn(-c3ccc(C(=O)NC4CC4)cn3)[nH]c2=O)cc1. The molecule has 1 aliphatic carbocycles. The van der Waals surface area contributed by atoms with Crippen molar-refractivity contribution in [1.29, 1.82) is 5.26 Å². The van der Waals surface area contributed by atoms with Crippen LogP contribution in [-0.4, -0.2) is 26.7 Å². The van der Waals surface area contributed by atoms with Crippen LogP contribution in [0.15, 0.2) is 53.6 Å². The van der Waals surface area contributed by atoms with E-state index in [-0.39, 0.29) is 17.5 Å². The van der Waals surface area contributed by atoms with Gasteiger partial charge in [-0.2, -0.15) is 5.26 Å². The van der Waals surface area contributed by atoms with Crippen LogP contribution in [-0.2, 0) is 0 Å². The highest BCUT2D eigenvalue weighted by atomic mass is 16.1. The fraction of sp³-hybridized carbons (Fsp3) is 0.158. The Morgan fingerprint density at radius 1 is 1.23 bits per heavy atom. The summed E-state index contributed by atoms with van der Waals surface area (Å²) >= 11 is 0. The highest BCUT2D eigenvalue weighted by Crippen LogP contribution is 2.20. The maximum atomic E-state index is 12.2. The molecule has 0 aliphatic heterocycles. The molecule has 1 fully saturated rings. The molecular weight excluding hydrogens is 330 g/mol. The summed E-state index contributed by atoms with van der Waals surface area (Å²) in [5.41, 5.74) is 1.96. The molecule has 4 rings (SSSR count). The van der Waals surface area contributed by atoms with Crippen molar-refractivity contribution in [2.75, 3.05) is 0 Å². The summed E-state index contributed by atoms with van der Waals surface area (Å²) in [4.78, 5) is 28.5. The number of nitrogens with one attached hydrogen (secondary N) is 2. The molecular formula is C19H15N5O2. The summed E-state index contributed by atoms with van der Waals surface area (Å²) in [5.74, 6) is 0.371. The van der Waals surface area contributed by atoms with Gasteiger partial charge in [0, 0.05) is 18.4 Å². The van der Waals surface area contributed by atoms with Crippen LogP contribution in [0.1, 0.15) is 28.8 Å². The Kier molecular flexibility index (Phi) is 3.86. The lowest BCUT2D eigenvalue weighted by molar-refractivity contribution is 0.0950. The standard InChI is InChI=1S/C19H15N5O2/c20-9-12-1-3-13(4-2-12)16-11-24(23-19(16)26)17-8-5-14(10-21-17)18(25)22-15-6-7-15/h1-5,8,10-11,15H,6-7H2,(H,22,25)(H,23,26). The van der Waals surface area contributed by atoms with Crippen LogP contribution in [0.3, 0.4) is 0 Å². The zero-order valence-corrected chi connectivity index (χ0v) is 13.8. The van der Waals surface area contributed by atoms with E-state index in [1.54, 1.807) is 42.6 Å². The number of rotatable bonds is 4. The van der Waals surface area contributed by atoms with Gasteiger partial charge in [-0.25, -0.2) is 9.67 Å². The van der Waals surface area contributed by atoms with Gasteiger partial charge in [0.1, 0.15) is 0 Å². The number of carbonyl (C=O) groups is 1. The minimum Gasteiger partial charge on any atom is -0.349 e. The van der Waals surface area contributed by atoms with Crippen molar-refractivity contribution in [2.45, 2.75) is 18.9 Å². The van der Waals surface area contributed by atoms with Crippen molar-refractivity contribution in [1.82, 2.24) is 20.1 Å². The number of benzene rings is 1. The molecule has 7 heteroatoms. The van der Waals surface area contributed by atoms with Crippen molar-refractivity contribution in [3.8, 4) is 23.0 Å². The molecule has 1 aromatic carbocycles. The molecule has 2 heterocycles. The van der Waals surface area contributed by atoms with Crippen LogP contribution in [0, 0.1) is 11.3 Å². The summed E-state index contributed by atoms with van der Waals surface area (Å²) in [6.07, 6.45) is 5.20. The van der Waals surface area contributed by atoms with Gasteiger partial charge in [0.25, 0.3) is 11.5 Å². The Morgan fingerprint density at radius 3 is 2.62 bits per heavy atom. The molecule has 0 unspecified atom stereocenters. The Balaban J connectivity index is 1.59. The average molecular weight is 345 g/mol. The van der Waals surface area contributed by atoms with Crippen LogP contribution >= 0.6 is 0 Å². The molecule has 0 atom stereocenters. The van der Waals surface area contributed by atoms with Gasteiger partial charge in [-0.1, -0.05) is 12.1 Å². The van der Waals surface area contributed by atoms with Crippen molar-refractivity contribution < 1.29 is 4.79 Å². The minimum atomic E-state index is -0.257. The Labute approximate surface area is 148 Å². The molecule has 1 saturated carbocycles. The molecule has 0 bridgehead atoms. The average Bonchev–Trinajstić information content (AvgIpc) is 3.41. The number of amides is 1. The molecule has 0 radical (unpaired) electrons. The number of aromatic nitrogens is 3. The van der Waals surface area contributed by atoms with E-state index in [2.05, 4.69) is 15.4 Å².